The van der Waals surface area contributed by atoms with E-state index in [1.54, 1.807) is 0 Å². The van der Waals surface area contributed by atoms with Crippen molar-refractivity contribution in [2.45, 2.75) is 0 Å². The highest BCUT2D eigenvalue weighted by Crippen LogP contribution is 2.39. The molecule has 0 spiro atoms. The molecule has 7 aromatic carbocycles. The fraction of sp³-hybridized carbons (Fsp3) is 0. The average molecular weight is 638 g/mol. The summed E-state index contributed by atoms with van der Waals surface area (Å²) in [5, 5.41) is 9.51. The number of fused-ring (bicyclic) bond motifs is 10. The molecule has 0 amide bonds. The molecule has 50 heavy (non-hydrogen) atoms. The van der Waals surface area contributed by atoms with Gasteiger partial charge in [-0.15, -0.1) is 0 Å². The molecule has 232 valence electrons. The number of hydrogen-bond acceptors (Lipinski definition) is 3. The first-order valence-electron chi connectivity index (χ1n) is 16.9. The van der Waals surface area contributed by atoms with Crippen molar-refractivity contribution in [2.75, 3.05) is 0 Å². The van der Waals surface area contributed by atoms with Crippen LogP contribution in [0.5, 0.6) is 0 Å². The first-order valence-corrected chi connectivity index (χ1v) is 16.9. The molecule has 0 saturated carbocycles. The van der Waals surface area contributed by atoms with E-state index in [0.29, 0.717) is 0 Å². The molecule has 0 aliphatic carbocycles. The highest BCUT2D eigenvalue weighted by molar-refractivity contribution is 6.23. The zero-order valence-electron chi connectivity index (χ0n) is 26.8. The molecule has 0 radical (unpaired) electrons. The second-order valence-corrected chi connectivity index (χ2v) is 12.9. The number of rotatable bonds is 3. The summed E-state index contributed by atoms with van der Waals surface area (Å²) in [5.74, 6) is 0.796. The number of benzene rings is 7. The van der Waals surface area contributed by atoms with E-state index in [2.05, 4.69) is 160 Å². The summed E-state index contributed by atoms with van der Waals surface area (Å²) in [7, 11) is 0. The standard InChI is InChI=1S/C45H27N5/c1-2-11-32-26-40-37(25-31(32)10-1)42-34-14-4-3-9-28(34)20-23-39(42)50(40)41-27-47-45-44(48-41)36-15-5-6-17-38(36)49(45)33-21-18-29(19-22-33)35-16-7-12-30-13-8-24-46-43(30)35/h1-27H. The van der Waals surface area contributed by atoms with Crippen LogP contribution in [0.1, 0.15) is 0 Å². The molecule has 4 aromatic heterocycles. The van der Waals surface area contributed by atoms with Gasteiger partial charge in [0.25, 0.3) is 0 Å². The molecule has 0 saturated heterocycles. The maximum absolute atomic E-state index is 5.42. The first kappa shape index (κ1) is 27.1. The molecule has 0 bridgehead atoms. The lowest BCUT2D eigenvalue weighted by Crippen LogP contribution is -2.01. The molecule has 4 heterocycles. The van der Waals surface area contributed by atoms with E-state index >= 15 is 0 Å². The van der Waals surface area contributed by atoms with Crippen LogP contribution in [0.4, 0.5) is 0 Å². The minimum Gasteiger partial charge on any atom is -0.293 e. The first-order chi connectivity index (χ1) is 24.8. The van der Waals surface area contributed by atoms with Crippen molar-refractivity contribution in [1.29, 1.82) is 0 Å². The monoisotopic (exact) mass is 637 g/mol. The Morgan fingerprint density at radius 1 is 0.440 bits per heavy atom. The van der Waals surface area contributed by atoms with Gasteiger partial charge in [-0.2, -0.15) is 0 Å². The Balaban J connectivity index is 1.14. The van der Waals surface area contributed by atoms with Gasteiger partial charge in [-0.05, 0) is 69.6 Å². The van der Waals surface area contributed by atoms with E-state index in [0.717, 1.165) is 66.6 Å². The quantitative estimate of drug-likeness (QED) is 0.194. The molecule has 0 unspecified atom stereocenters. The molecule has 0 atom stereocenters. The Bertz CT molecular complexity index is 3140. The Morgan fingerprint density at radius 2 is 1.18 bits per heavy atom. The molecule has 0 N–H and O–H groups in total. The van der Waals surface area contributed by atoms with Gasteiger partial charge in [0.2, 0.25) is 0 Å². The van der Waals surface area contributed by atoms with Gasteiger partial charge in [0.15, 0.2) is 11.5 Å². The lowest BCUT2D eigenvalue weighted by molar-refractivity contribution is 1.06. The number of nitrogens with zero attached hydrogens (tertiary/aromatic N) is 5. The average Bonchev–Trinajstić information content (AvgIpc) is 3.69. The van der Waals surface area contributed by atoms with Crippen molar-refractivity contribution in [1.82, 2.24) is 24.1 Å². The van der Waals surface area contributed by atoms with Gasteiger partial charge in [0.05, 0.1) is 28.3 Å². The maximum Gasteiger partial charge on any atom is 0.164 e. The van der Waals surface area contributed by atoms with Crippen LogP contribution in [0.25, 0.3) is 99.0 Å². The summed E-state index contributed by atoms with van der Waals surface area (Å²) in [6.07, 6.45) is 3.78. The van der Waals surface area contributed by atoms with Gasteiger partial charge in [0, 0.05) is 39.0 Å². The molecule has 0 aliphatic heterocycles. The third-order valence-electron chi connectivity index (χ3n) is 10.2. The molecule has 11 rings (SSSR count). The topological polar surface area (TPSA) is 48.5 Å². The molecule has 0 aliphatic rings. The van der Waals surface area contributed by atoms with Crippen LogP contribution >= 0.6 is 0 Å². The Morgan fingerprint density at radius 3 is 2.06 bits per heavy atom. The molecule has 5 nitrogen and oxygen atoms in total. The predicted molar refractivity (Wildman–Crippen MR) is 206 cm³/mol. The van der Waals surface area contributed by atoms with Crippen LogP contribution in [0.3, 0.4) is 0 Å². The van der Waals surface area contributed by atoms with Crippen LogP contribution in [0.15, 0.2) is 164 Å². The SMILES string of the molecule is c1ccc2cc3c(cc2c1)c1c2ccccc2ccc1n3-c1cnc2c(n1)c1ccccc1n2-c1ccc(-c2cccc3cccnc23)cc1. The van der Waals surface area contributed by atoms with E-state index in [-0.39, 0.29) is 0 Å². The van der Waals surface area contributed by atoms with Gasteiger partial charge in [0.1, 0.15) is 5.52 Å². The van der Waals surface area contributed by atoms with Gasteiger partial charge in [-0.25, -0.2) is 9.97 Å². The van der Waals surface area contributed by atoms with Gasteiger partial charge in [-0.1, -0.05) is 109 Å². The Labute approximate surface area is 286 Å². The maximum atomic E-state index is 5.42. The largest absolute Gasteiger partial charge is 0.293 e. The van der Waals surface area contributed by atoms with Gasteiger partial charge in [-0.3, -0.25) is 14.1 Å². The van der Waals surface area contributed by atoms with E-state index in [9.17, 15) is 0 Å². The minimum atomic E-state index is 0.796. The van der Waals surface area contributed by atoms with Crippen molar-refractivity contribution in [2.24, 2.45) is 0 Å². The van der Waals surface area contributed by atoms with E-state index in [4.69, 9.17) is 9.97 Å². The van der Waals surface area contributed by atoms with Crippen molar-refractivity contribution in [3.8, 4) is 22.6 Å². The zero-order chi connectivity index (χ0) is 32.8. The Hall–Kier alpha value is -6.85. The molecule has 0 fully saturated rings. The second-order valence-electron chi connectivity index (χ2n) is 12.9. The van der Waals surface area contributed by atoms with Crippen molar-refractivity contribution in [3.63, 3.8) is 0 Å². The van der Waals surface area contributed by atoms with Crippen molar-refractivity contribution >= 4 is 76.3 Å². The Kier molecular flexibility index (Phi) is 5.60. The van der Waals surface area contributed by atoms with E-state index in [1.807, 2.05) is 18.5 Å². The minimum absolute atomic E-state index is 0.796. The number of aromatic nitrogens is 5. The molecular weight excluding hydrogens is 611 g/mol. The van der Waals surface area contributed by atoms with Crippen LogP contribution in [0, 0.1) is 0 Å². The number of para-hydroxylation sites is 2. The number of pyridine rings is 1. The molecular formula is C45H27N5. The normalized spacial score (nSPS) is 12.0. The fourth-order valence-corrected chi connectivity index (χ4v) is 7.92. The summed E-state index contributed by atoms with van der Waals surface area (Å²) in [4.78, 5) is 15.3. The van der Waals surface area contributed by atoms with Crippen LogP contribution in [0.2, 0.25) is 0 Å². The summed E-state index contributed by atoms with van der Waals surface area (Å²) in [6, 6.07) is 53.8. The van der Waals surface area contributed by atoms with Crippen LogP contribution < -0.4 is 0 Å². The van der Waals surface area contributed by atoms with Gasteiger partial charge >= 0.3 is 0 Å². The third-order valence-corrected chi connectivity index (χ3v) is 10.2. The van der Waals surface area contributed by atoms with E-state index in [1.165, 1.54) is 32.3 Å². The van der Waals surface area contributed by atoms with Crippen molar-refractivity contribution < 1.29 is 0 Å². The summed E-state index contributed by atoms with van der Waals surface area (Å²) in [5.41, 5.74) is 9.28. The second kappa shape index (κ2) is 10.3. The highest BCUT2D eigenvalue weighted by Gasteiger charge is 2.20. The predicted octanol–water partition coefficient (Wildman–Crippen LogP) is 11.2. The number of hydrogen-bond donors (Lipinski definition) is 0. The van der Waals surface area contributed by atoms with Gasteiger partial charge < -0.3 is 0 Å². The fourth-order valence-electron chi connectivity index (χ4n) is 7.92. The summed E-state index contributed by atoms with van der Waals surface area (Å²) >= 11 is 0. The van der Waals surface area contributed by atoms with Crippen molar-refractivity contribution in [3.05, 3.63) is 164 Å². The molecule has 11 aromatic rings. The summed E-state index contributed by atoms with van der Waals surface area (Å²) in [6.45, 7) is 0. The lowest BCUT2D eigenvalue weighted by Gasteiger charge is -2.11. The van der Waals surface area contributed by atoms with Crippen LogP contribution in [-0.4, -0.2) is 24.1 Å². The third kappa shape index (κ3) is 3.86. The highest BCUT2D eigenvalue weighted by atomic mass is 15.1. The smallest absolute Gasteiger partial charge is 0.164 e. The van der Waals surface area contributed by atoms with E-state index < -0.39 is 0 Å². The zero-order valence-corrected chi connectivity index (χ0v) is 26.8. The molecule has 5 heteroatoms. The summed E-state index contributed by atoms with van der Waals surface area (Å²) < 4.78 is 4.51. The van der Waals surface area contributed by atoms with Crippen LogP contribution in [-0.2, 0) is 0 Å². The lowest BCUT2D eigenvalue weighted by atomic mass is 10.0.